The van der Waals surface area contributed by atoms with E-state index in [1.807, 2.05) is 20.8 Å². The number of likely N-dealkylation sites (N-methyl/N-ethyl adjacent to an activating group) is 1. The van der Waals surface area contributed by atoms with Gasteiger partial charge in [-0.05, 0) is 45.9 Å². The molecule has 11 nitrogen and oxygen atoms in total. The molecular weight excluding hydrogens is 478 g/mol. The van der Waals surface area contributed by atoms with Crippen molar-refractivity contribution < 1.29 is 28.6 Å². The van der Waals surface area contributed by atoms with E-state index in [4.69, 9.17) is 14.2 Å². The third-order valence-electron chi connectivity index (χ3n) is 6.44. The summed E-state index contributed by atoms with van der Waals surface area (Å²) in [4.78, 5) is 44.6. The zero-order valence-electron chi connectivity index (χ0n) is 22.6. The second-order valence-electron chi connectivity index (χ2n) is 9.18. The molecule has 37 heavy (non-hydrogen) atoms. The van der Waals surface area contributed by atoms with Crippen LogP contribution in [-0.2, 0) is 9.53 Å². The number of amides is 4. The van der Waals surface area contributed by atoms with Crippen molar-refractivity contribution in [2.45, 2.75) is 39.8 Å². The van der Waals surface area contributed by atoms with Crippen LogP contribution in [-0.4, -0.2) is 98.9 Å². The molecular formula is C26H39N5O6. The van der Waals surface area contributed by atoms with Crippen LogP contribution in [0.1, 0.15) is 39.3 Å². The van der Waals surface area contributed by atoms with Crippen LogP contribution in [0.5, 0.6) is 11.5 Å². The van der Waals surface area contributed by atoms with E-state index in [2.05, 4.69) is 15.5 Å². The van der Waals surface area contributed by atoms with Gasteiger partial charge < -0.3 is 29.7 Å². The number of ether oxygens (including phenoxy) is 3. The SMILES string of the molecule is CCOC(=O)C1=C(CN2CCN(C(=O)NC(C)C)CC2)N(CC)C(=O)N[C@H]1c1cc(OC)ccc1OC. The topological polar surface area (TPSA) is 113 Å². The van der Waals surface area contributed by atoms with Gasteiger partial charge in [-0.2, -0.15) is 0 Å². The fourth-order valence-corrected chi connectivity index (χ4v) is 4.62. The Morgan fingerprint density at radius 2 is 1.81 bits per heavy atom. The van der Waals surface area contributed by atoms with E-state index in [9.17, 15) is 14.4 Å². The lowest BCUT2D eigenvalue weighted by atomic mass is 9.93. The molecule has 204 valence electrons. The summed E-state index contributed by atoms with van der Waals surface area (Å²) < 4.78 is 16.4. The van der Waals surface area contributed by atoms with Gasteiger partial charge in [0.25, 0.3) is 0 Å². The van der Waals surface area contributed by atoms with Crippen molar-refractivity contribution in [3.05, 3.63) is 35.0 Å². The molecule has 3 rings (SSSR count). The highest BCUT2D eigenvalue weighted by Crippen LogP contribution is 2.38. The molecule has 0 radical (unpaired) electrons. The molecule has 0 saturated carbocycles. The molecule has 2 aliphatic heterocycles. The maximum Gasteiger partial charge on any atom is 0.338 e. The minimum atomic E-state index is -0.785. The molecule has 0 spiro atoms. The van der Waals surface area contributed by atoms with E-state index in [1.165, 1.54) is 7.11 Å². The van der Waals surface area contributed by atoms with E-state index in [-0.39, 0.29) is 24.7 Å². The summed E-state index contributed by atoms with van der Waals surface area (Å²) in [6.45, 7) is 10.7. The summed E-state index contributed by atoms with van der Waals surface area (Å²) in [5.74, 6) is 0.589. The average molecular weight is 518 g/mol. The van der Waals surface area contributed by atoms with Crippen molar-refractivity contribution in [2.24, 2.45) is 0 Å². The van der Waals surface area contributed by atoms with Crippen LogP contribution in [0.15, 0.2) is 29.5 Å². The number of methoxy groups -OCH3 is 2. The summed E-state index contributed by atoms with van der Waals surface area (Å²) in [6.07, 6.45) is 0. The average Bonchev–Trinajstić information content (AvgIpc) is 2.88. The number of carbonyl (C=O) groups is 3. The van der Waals surface area contributed by atoms with E-state index in [0.717, 1.165) is 0 Å². The van der Waals surface area contributed by atoms with E-state index < -0.39 is 12.0 Å². The van der Waals surface area contributed by atoms with Crippen molar-refractivity contribution in [1.82, 2.24) is 25.3 Å². The number of urea groups is 2. The van der Waals surface area contributed by atoms with Gasteiger partial charge in [0.2, 0.25) is 0 Å². The highest BCUT2D eigenvalue weighted by molar-refractivity contribution is 5.95. The fourth-order valence-electron chi connectivity index (χ4n) is 4.62. The first-order valence-corrected chi connectivity index (χ1v) is 12.7. The first-order valence-electron chi connectivity index (χ1n) is 12.7. The van der Waals surface area contributed by atoms with Gasteiger partial charge in [0.15, 0.2) is 0 Å². The van der Waals surface area contributed by atoms with Crippen LogP contribution in [0.25, 0.3) is 0 Å². The largest absolute Gasteiger partial charge is 0.497 e. The highest BCUT2D eigenvalue weighted by atomic mass is 16.5. The number of hydrogen-bond donors (Lipinski definition) is 2. The standard InChI is InChI=1S/C26H39N5O6/c1-7-31-20(16-29-11-13-30(14-12-29)25(33)27-17(3)4)22(24(32)37-8-2)23(28-26(31)34)19-15-18(35-5)9-10-21(19)36-6/h9-10,15,17,23H,7-8,11-14,16H2,1-6H3,(H,27,33)(H,28,34)/t23-/m0/s1. The summed E-state index contributed by atoms with van der Waals surface area (Å²) in [5.41, 5.74) is 1.54. The van der Waals surface area contributed by atoms with Gasteiger partial charge in [-0.25, -0.2) is 14.4 Å². The quantitative estimate of drug-likeness (QED) is 0.484. The molecule has 2 aliphatic rings. The number of nitrogens with one attached hydrogen (secondary N) is 2. The fraction of sp³-hybridized carbons (Fsp3) is 0.577. The molecule has 1 saturated heterocycles. The Kier molecular flexibility index (Phi) is 9.62. The molecule has 4 amide bonds. The van der Waals surface area contributed by atoms with Gasteiger partial charge in [0.05, 0.1) is 32.4 Å². The minimum Gasteiger partial charge on any atom is -0.497 e. The molecule has 0 bridgehead atoms. The number of carbonyl (C=O) groups excluding carboxylic acids is 3. The summed E-state index contributed by atoms with van der Waals surface area (Å²) in [6, 6.07) is 4.15. The lowest BCUT2D eigenvalue weighted by Crippen LogP contribution is -2.55. The lowest BCUT2D eigenvalue weighted by Gasteiger charge is -2.40. The Morgan fingerprint density at radius 3 is 2.38 bits per heavy atom. The number of hydrogen-bond acceptors (Lipinski definition) is 7. The van der Waals surface area contributed by atoms with Gasteiger partial charge in [-0.3, -0.25) is 9.80 Å². The minimum absolute atomic E-state index is 0.0622. The number of nitrogens with zero attached hydrogens (tertiary/aromatic N) is 3. The van der Waals surface area contributed by atoms with Crippen LogP contribution in [0, 0.1) is 0 Å². The lowest BCUT2D eigenvalue weighted by molar-refractivity contribution is -0.139. The molecule has 1 atom stereocenters. The molecule has 0 aromatic heterocycles. The molecule has 1 fully saturated rings. The Bertz CT molecular complexity index is 1020. The molecule has 11 heteroatoms. The Balaban J connectivity index is 1.99. The molecule has 0 unspecified atom stereocenters. The summed E-state index contributed by atoms with van der Waals surface area (Å²) >= 11 is 0. The second-order valence-corrected chi connectivity index (χ2v) is 9.18. The summed E-state index contributed by atoms with van der Waals surface area (Å²) in [7, 11) is 3.09. The van der Waals surface area contributed by atoms with Crippen molar-refractivity contribution in [3.8, 4) is 11.5 Å². The van der Waals surface area contributed by atoms with Crippen molar-refractivity contribution >= 4 is 18.0 Å². The van der Waals surface area contributed by atoms with Crippen molar-refractivity contribution in [1.29, 1.82) is 0 Å². The third kappa shape index (κ3) is 6.46. The van der Waals surface area contributed by atoms with Gasteiger partial charge in [0.1, 0.15) is 11.5 Å². The maximum absolute atomic E-state index is 13.4. The molecule has 1 aromatic rings. The number of benzene rings is 1. The third-order valence-corrected chi connectivity index (χ3v) is 6.44. The Hall–Kier alpha value is -3.47. The maximum atomic E-state index is 13.4. The Morgan fingerprint density at radius 1 is 1.11 bits per heavy atom. The van der Waals surface area contributed by atoms with E-state index in [1.54, 1.807) is 42.0 Å². The molecule has 1 aromatic carbocycles. The van der Waals surface area contributed by atoms with Crippen molar-refractivity contribution in [3.63, 3.8) is 0 Å². The molecule has 2 heterocycles. The zero-order chi connectivity index (χ0) is 27.1. The normalized spacial score (nSPS) is 18.6. The van der Waals surface area contributed by atoms with Crippen LogP contribution in [0.3, 0.4) is 0 Å². The van der Waals surface area contributed by atoms with Crippen LogP contribution < -0.4 is 20.1 Å². The number of esters is 1. The summed E-state index contributed by atoms with van der Waals surface area (Å²) in [5, 5.41) is 5.90. The van der Waals surface area contributed by atoms with Crippen LogP contribution in [0.4, 0.5) is 9.59 Å². The smallest absolute Gasteiger partial charge is 0.338 e. The van der Waals surface area contributed by atoms with Gasteiger partial charge >= 0.3 is 18.0 Å². The predicted molar refractivity (Wildman–Crippen MR) is 139 cm³/mol. The molecule has 2 N–H and O–H groups in total. The predicted octanol–water partition coefficient (Wildman–Crippen LogP) is 2.34. The number of piperazine rings is 1. The van der Waals surface area contributed by atoms with E-state index in [0.29, 0.717) is 67.6 Å². The first-order chi connectivity index (χ1) is 17.7. The van der Waals surface area contributed by atoms with Crippen molar-refractivity contribution in [2.75, 3.05) is 60.1 Å². The highest BCUT2D eigenvalue weighted by Gasteiger charge is 2.40. The van der Waals surface area contributed by atoms with Crippen LogP contribution >= 0.6 is 0 Å². The van der Waals surface area contributed by atoms with Gasteiger partial charge in [-0.1, -0.05) is 0 Å². The van der Waals surface area contributed by atoms with Gasteiger partial charge in [0, 0.05) is 56.6 Å². The van der Waals surface area contributed by atoms with E-state index >= 15 is 0 Å². The monoisotopic (exact) mass is 517 g/mol. The second kappa shape index (κ2) is 12.7. The molecule has 0 aliphatic carbocycles. The Labute approximate surface area is 218 Å². The van der Waals surface area contributed by atoms with Crippen LogP contribution in [0.2, 0.25) is 0 Å². The van der Waals surface area contributed by atoms with Gasteiger partial charge in [-0.15, -0.1) is 0 Å². The number of rotatable bonds is 9. The zero-order valence-corrected chi connectivity index (χ0v) is 22.6. The first kappa shape index (κ1) is 28.1.